The Morgan fingerprint density at radius 2 is 2.09 bits per heavy atom. The number of hydrogen-bond acceptors (Lipinski definition) is 7. The third-order valence-electron chi connectivity index (χ3n) is 4.51. The molecule has 0 spiro atoms. The number of nitrogen functional groups attached to an aromatic ring is 1. The molecule has 1 aliphatic heterocycles. The summed E-state index contributed by atoms with van der Waals surface area (Å²) in [5, 5.41) is 20.8. The zero-order chi connectivity index (χ0) is 17.2. The zero-order valence-corrected chi connectivity index (χ0v) is 15.1. The third kappa shape index (κ3) is 3.19. The number of nitrogens with two attached hydrogens (primary N) is 1. The summed E-state index contributed by atoms with van der Waals surface area (Å²) in [5.41, 5.74) is 4.18. The van der Waals surface area contributed by atoms with Gasteiger partial charge in [-0.1, -0.05) is 20.4 Å². The number of aliphatic hydroxyl groups is 2. The van der Waals surface area contributed by atoms with Crippen molar-refractivity contribution < 1.29 is 19.4 Å². The van der Waals surface area contributed by atoms with Gasteiger partial charge in [-0.15, -0.1) is 0 Å². The van der Waals surface area contributed by atoms with E-state index in [1.165, 1.54) is 12.3 Å². The summed E-state index contributed by atoms with van der Waals surface area (Å²) in [6.45, 7) is 5.92. The fraction of sp³-hybridized carbons (Fsp3) is 0.714. The lowest BCUT2D eigenvalue weighted by molar-refractivity contribution is -0.131. The molecule has 23 heavy (non-hydrogen) atoms. The highest BCUT2D eigenvalue weighted by Crippen LogP contribution is 2.39. The molecule has 1 saturated heterocycles. The first-order valence-corrected chi connectivity index (χ1v) is 9.89. The molecule has 0 aliphatic carbocycles. The van der Waals surface area contributed by atoms with E-state index >= 15 is 0 Å². The van der Waals surface area contributed by atoms with E-state index in [-0.39, 0.29) is 5.82 Å². The predicted octanol–water partition coefficient (Wildman–Crippen LogP) is -0.848. The standard InChI is InChI=1S/C14H25N3O5Si/c1-4-14(5-2,22-23-3)11-9(18)10(19)12(21-11)17-7-6-8(15)16-13(17)20/h6-7,9-12,18-19H,4-5,23H2,1-3H3,(H2,15,16,20). The SMILES string of the molecule is CCC(CC)(O[SiH2]C)C1OC(n2ccc(N)nc2=O)C(O)C1O. The fourth-order valence-electron chi connectivity index (χ4n) is 3.17. The maximum Gasteiger partial charge on any atom is 0.351 e. The van der Waals surface area contributed by atoms with Crippen LogP contribution in [0.15, 0.2) is 17.1 Å². The minimum absolute atomic E-state index is 0.0904. The Bertz CT molecular complexity index is 592. The van der Waals surface area contributed by atoms with Gasteiger partial charge in [0.25, 0.3) is 0 Å². The first-order chi connectivity index (χ1) is 10.9. The van der Waals surface area contributed by atoms with Gasteiger partial charge in [-0.2, -0.15) is 4.98 Å². The Hall–Kier alpha value is -1.26. The van der Waals surface area contributed by atoms with Crippen LogP contribution in [0, 0.1) is 0 Å². The molecule has 0 amide bonds. The molecular formula is C14H25N3O5Si. The van der Waals surface area contributed by atoms with E-state index in [4.69, 9.17) is 14.9 Å². The van der Waals surface area contributed by atoms with Gasteiger partial charge < -0.3 is 25.1 Å². The van der Waals surface area contributed by atoms with Gasteiger partial charge in [0.1, 0.15) is 24.1 Å². The van der Waals surface area contributed by atoms with Gasteiger partial charge in [-0.05, 0) is 18.9 Å². The van der Waals surface area contributed by atoms with E-state index in [1.54, 1.807) is 0 Å². The number of aromatic nitrogens is 2. The molecule has 9 heteroatoms. The van der Waals surface area contributed by atoms with Crippen molar-refractivity contribution in [3.63, 3.8) is 0 Å². The van der Waals surface area contributed by atoms with Gasteiger partial charge in [0.05, 0.1) is 5.60 Å². The largest absolute Gasteiger partial charge is 0.416 e. The highest BCUT2D eigenvalue weighted by Gasteiger charge is 2.53. The summed E-state index contributed by atoms with van der Waals surface area (Å²) in [6.07, 6.45) is -1.44. The molecule has 0 radical (unpaired) electrons. The Balaban J connectivity index is 2.35. The van der Waals surface area contributed by atoms with Crippen LogP contribution in [0.25, 0.3) is 0 Å². The second-order valence-corrected chi connectivity index (χ2v) is 6.54. The lowest BCUT2D eigenvalue weighted by Gasteiger charge is -2.38. The first kappa shape index (κ1) is 18.1. The van der Waals surface area contributed by atoms with Crippen molar-refractivity contribution in [2.75, 3.05) is 5.73 Å². The van der Waals surface area contributed by atoms with Crippen molar-refractivity contribution >= 4 is 15.6 Å². The lowest BCUT2D eigenvalue weighted by Crippen LogP contribution is -2.51. The molecule has 2 heterocycles. The minimum Gasteiger partial charge on any atom is -0.416 e. The van der Waals surface area contributed by atoms with Gasteiger partial charge in [0.2, 0.25) is 0 Å². The maximum absolute atomic E-state index is 12.0. The molecule has 130 valence electrons. The van der Waals surface area contributed by atoms with Crippen molar-refractivity contribution in [1.82, 2.24) is 9.55 Å². The summed E-state index contributed by atoms with van der Waals surface area (Å²) in [5.74, 6) is 0.0904. The molecule has 1 aromatic rings. The molecule has 2 rings (SSSR count). The number of nitrogens with zero attached hydrogens (tertiary/aromatic N) is 2. The first-order valence-electron chi connectivity index (χ1n) is 7.90. The van der Waals surface area contributed by atoms with Crippen molar-refractivity contribution in [2.45, 2.75) is 63.4 Å². The van der Waals surface area contributed by atoms with Gasteiger partial charge >= 0.3 is 5.69 Å². The van der Waals surface area contributed by atoms with Crippen LogP contribution in [0.2, 0.25) is 6.55 Å². The Morgan fingerprint density at radius 3 is 2.61 bits per heavy atom. The van der Waals surface area contributed by atoms with Crippen molar-refractivity contribution in [3.05, 3.63) is 22.7 Å². The van der Waals surface area contributed by atoms with Crippen LogP contribution in [0.1, 0.15) is 32.9 Å². The Labute approximate surface area is 137 Å². The molecule has 4 atom stereocenters. The monoisotopic (exact) mass is 343 g/mol. The quantitative estimate of drug-likeness (QED) is 0.576. The predicted molar refractivity (Wildman–Crippen MR) is 87.6 cm³/mol. The zero-order valence-electron chi connectivity index (χ0n) is 13.7. The van der Waals surface area contributed by atoms with Gasteiger partial charge in [-0.25, -0.2) is 4.79 Å². The molecule has 8 nitrogen and oxygen atoms in total. The summed E-state index contributed by atoms with van der Waals surface area (Å²) < 4.78 is 13.0. The van der Waals surface area contributed by atoms with Gasteiger partial charge in [0, 0.05) is 6.20 Å². The Kier molecular flexibility index (Phi) is 5.58. The average Bonchev–Trinajstić information content (AvgIpc) is 2.82. The van der Waals surface area contributed by atoms with E-state index in [0.29, 0.717) is 12.8 Å². The van der Waals surface area contributed by atoms with Crippen LogP contribution in [0.4, 0.5) is 5.82 Å². The van der Waals surface area contributed by atoms with Crippen LogP contribution >= 0.6 is 0 Å². The van der Waals surface area contributed by atoms with Gasteiger partial charge in [-0.3, -0.25) is 4.57 Å². The van der Waals surface area contributed by atoms with Crippen LogP contribution in [0.3, 0.4) is 0 Å². The average molecular weight is 343 g/mol. The molecule has 4 unspecified atom stereocenters. The summed E-state index contributed by atoms with van der Waals surface area (Å²) in [6, 6.07) is 1.44. The Morgan fingerprint density at radius 1 is 1.43 bits per heavy atom. The number of aliphatic hydroxyl groups excluding tert-OH is 2. The smallest absolute Gasteiger partial charge is 0.351 e. The maximum atomic E-state index is 12.0. The third-order valence-corrected chi connectivity index (χ3v) is 5.37. The second kappa shape index (κ2) is 7.10. The van der Waals surface area contributed by atoms with Crippen molar-refractivity contribution in [1.29, 1.82) is 0 Å². The second-order valence-electron chi connectivity index (χ2n) is 5.68. The summed E-state index contributed by atoms with van der Waals surface area (Å²) >= 11 is 0. The van der Waals surface area contributed by atoms with E-state index < -0.39 is 45.6 Å². The molecule has 1 aromatic heterocycles. The number of ether oxygens (including phenoxy) is 1. The highest BCUT2D eigenvalue weighted by atomic mass is 28.2. The number of anilines is 1. The van der Waals surface area contributed by atoms with E-state index in [0.717, 1.165) is 4.57 Å². The summed E-state index contributed by atoms with van der Waals surface area (Å²) in [7, 11) is -0.748. The van der Waals surface area contributed by atoms with Crippen LogP contribution < -0.4 is 11.4 Å². The van der Waals surface area contributed by atoms with Crippen LogP contribution in [-0.4, -0.2) is 53.4 Å². The normalized spacial score (nSPS) is 28.7. The molecular weight excluding hydrogens is 318 g/mol. The molecule has 0 aromatic carbocycles. The van der Waals surface area contributed by atoms with Crippen LogP contribution in [0.5, 0.6) is 0 Å². The van der Waals surface area contributed by atoms with Gasteiger partial charge in [0.15, 0.2) is 16.0 Å². The highest BCUT2D eigenvalue weighted by molar-refractivity contribution is 6.25. The van der Waals surface area contributed by atoms with Crippen LogP contribution in [-0.2, 0) is 9.16 Å². The molecule has 0 saturated carbocycles. The minimum atomic E-state index is -1.25. The summed E-state index contributed by atoms with van der Waals surface area (Å²) in [4.78, 5) is 15.6. The van der Waals surface area contributed by atoms with E-state index in [1.807, 2.05) is 20.4 Å². The number of rotatable bonds is 6. The van der Waals surface area contributed by atoms with Crippen molar-refractivity contribution in [2.24, 2.45) is 0 Å². The van der Waals surface area contributed by atoms with E-state index in [9.17, 15) is 15.0 Å². The number of hydrogen-bond donors (Lipinski definition) is 3. The molecule has 1 aliphatic rings. The lowest BCUT2D eigenvalue weighted by atomic mass is 9.87. The topological polar surface area (TPSA) is 120 Å². The van der Waals surface area contributed by atoms with E-state index in [2.05, 4.69) is 4.98 Å². The molecule has 0 bridgehead atoms. The van der Waals surface area contributed by atoms with Crippen molar-refractivity contribution in [3.8, 4) is 0 Å². The molecule has 1 fully saturated rings. The fourth-order valence-corrected chi connectivity index (χ4v) is 4.32. The molecule has 4 N–H and O–H groups in total.